The molecule has 110 valence electrons. The van der Waals surface area contributed by atoms with Crippen LogP contribution in [0.3, 0.4) is 0 Å². The van der Waals surface area contributed by atoms with Gasteiger partial charge >= 0.3 is 0 Å². The number of amides is 1. The molecule has 5 heteroatoms. The van der Waals surface area contributed by atoms with Crippen LogP contribution in [-0.4, -0.2) is 45.9 Å². The smallest absolute Gasteiger partial charge is 0.250 e. The Morgan fingerprint density at radius 3 is 2.45 bits per heavy atom. The van der Waals surface area contributed by atoms with Crippen molar-refractivity contribution in [2.75, 3.05) is 44.1 Å². The molecule has 1 aliphatic heterocycles. The zero-order valence-corrected chi connectivity index (χ0v) is 12.1. The van der Waals surface area contributed by atoms with Gasteiger partial charge in [-0.3, -0.25) is 4.79 Å². The van der Waals surface area contributed by atoms with Crippen LogP contribution in [0.25, 0.3) is 0 Å². The summed E-state index contributed by atoms with van der Waals surface area (Å²) in [7, 11) is 3.28. The predicted octanol–water partition coefficient (Wildman–Crippen LogP) is 1.89. The molecular formula is C15H22N2O3. The van der Waals surface area contributed by atoms with Crippen LogP contribution in [0.2, 0.25) is 0 Å². The number of methoxy groups -OCH3 is 2. The second kappa shape index (κ2) is 7.26. The lowest BCUT2D eigenvalue weighted by molar-refractivity contribution is -0.119. The highest BCUT2D eigenvalue weighted by atomic mass is 16.5. The SMILES string of the molecule is COCC(=O)Nc1ccc(N2CCC(OC)CC2)cc1. The molecule has 0 bridgehead atoms. The number of ether oxygens (including phenoxy) is 2. The summed E-state index contributed by atoms with van der Waals surface area (Å²) in [6.45, 7) is 2.09. The van der Waals surface area contributed by atoms with E-state index in [1.807, 2.05) is 24.3 Å². The lowest BCUT2D eigenvalue weighted by atomic mass is 10.1. The van der Waals surface area contributed by atoms with E-state index in [4.69, 9.17) is 9.47 Å². The topological polar surface area (TPSA) is 50.8 Å². The van der Waals surface area contributed by atoms with E-state index in [-0.39, 0.29) is 12.5 Å². The molecule has 1 amide bonds. The van der Waals surface area contributed by atoms with E-state index in [2.05, 4.69) is 10.2 Å². The van der Waals surface area contributed by atoms with Crippen molar-refractivity contribution in [2.24, 2.45) is 0 Å². The number of hydrogen-bond acceptors (Lipinski definition) is 4. The molecule has 20 heavy (non-hydrogen) atoms. The average Bonchev–Trinajstić information content (AvgIpc) is 2.48. The Morgan fingerprint density at radius 1 is 1.25 bits per heavy atom. The number of benzene rings is 1. The normalized spacial score (nSPS) is 16.2. The Bertz CT molecular complexity index is 425. The van der Waals surface area contributed by atoms with Crippen molar-refractivity contribution in [3.05, 3.63) is 24.3 Å². The zero-order chi connectivity index (χ0) is 14.4. The molecule has 1 fully saturated rings. The van der Waals surface area contributed by atoms with Crippen LogP contribution in [0.15, 0.2) is 24.3 Å². The third-order valence-electron chi connectivity index (χ3n) is 3.57. The fraction of sp³-hybridized carbons (Fsp3) is 0.533. The van der Waals surface area contributed by atoms with Crippen molar-refractivity contribution in [2.45, 2.75) is 18.9 Å². The van der Waals surface area contributed by atoms with Gasteiger partial charge < -0.3 is 19.7 Å². The molecule has 1 aliphatic rings. The van der Waals surface area contributed by atoms with Gasteiger partial charge in [0.15, 0.2) is 0 Å². The van der Waals surface area contributed by atoms with Crippen molar-refractivity contribution in [1.82, 2.24) is 0 Å². The van der Waals surface area contributed by atoms with Gasteiger partial charge in [0.2, 0.25) is 5.91 Å². The van der Waals surface area contributed by atoms with Crippen LogP contribution in [0.5, 0.6) is 0 Å². The summed E-state index contributed by atoms with van der Waals surface area (Å²) in [5.74, 6) is -0.138. The van der Waals surface area contributed by atoms with E-state index in [1.54, 1.807) is 7.11 Å². The van der Waals surface area contributed by atoms with Gasteiger partial charge in [0.25, 0.3) is 0 Å². The van der Waals surface area contributed by atoms with Gasteiger partial charge in [-0.15, -0.1) is 0 Å². The molecule has 0 atom stereocenters. The van der Waals surface area contributed by atoms with Crippen LogP contribution in [0.4, 0.5) is 11.4 Å². The standard InChI is InChI=1S/C15H22N2O3/c1-19-11-15(18)16-12-3-5-13(6-4-12)17-9-7-14(20-2)8-10-17/h3-6,14H,7-11H2,1-2H3,(H,16,18). The number of rotatable bonds is 5. The molecule has 0 aromatic heterocycles. The van der Waals surface area contributed by atoms with E-state index in [0.29, 0.717) is 6.10 Å². The molecule has 0 saturated carbocycles. The van der Waals surface area contributed by atoms with Gasteiger partial charge in [-0.05, 0) is 37.1 Å². The molecular weight excluding hydrogens is 256 g/mol. The lowest BCUT2D eigenvalue weighted by Crippen LogP contribution is -2.36. The second-order valence-electron chi connectivity index (χ2n) is 4.95. The highest BCUT2D eigenvalue weighted by Crippen LogP contribution is 2.22. The summed E-state index contributed by atoms with van der Waals surface area (Å²) < 4.78 is 10.2. The van der Waals surface area contributed by atoms with E-state index < -0.39 is 0 Å². The number of carbonyl (C=O) groups is 1. The minimum absolute atomic E-state index is 0.0757. The third-order valence-corrected chi connectivity index (χ3v) is 3.57. The summed E-state index contributed by atoms with van der Waals surface area (Å²) in [4.78, 5) is 13.8. The van der Waals surface area contributed by atoms with E-state index >= 15 is 0 Å². The van der Waals surface area contributed by atoms with E-state index in [9.17, 15) is 4.79 Å². The van der Waals surface area contributed by atoms with Crippen molar-refractivity contribution >= 4 is 17.3 Å². The Hall–Kier alpha value is -1.59. The molecule has 0 radical (unpaired) electrons. The van der Waals surface area contributed by atoms with Crippen molar-refractivity contribution in [3.8, 4) is 0 Å². The molecule has 1 heterocycles. The minimum Gasteiger partial charge on any atom is -0.381 e. The summed E-state index contributed by atoms with van der Waals surface area (Å²) in [6, 6.07) is 7.92. The monoisotopic (exact) mass is 278 g/mol. The van der Waals surface area contributed by atoms with Gasteiger partial charge in [0.1, 0.15) is 6.61 Å². The fourth-order valence-corrected chi connectivity index (χ4v) is 2.43. The second-order valence-corrected chi connectivity index (χ2v) is 4.95. The molecule has 1 saturated heterocycles. The molecule has 0 spiro atoms. The zero-order valence-electron chi connectivity index (χ0n) is 12.1. The number of hydrogen-bond donors (Lipinski definition) is 1. The van der Waals surface area contributed by atoms with Gasteiger partial charge in [-0.2, -0.15) is 0 Å². The predicted molar refractivity (Wildman–Crippen MR) is 79.2 cm³/mol. The van der Waals surface area contributed by atoms with Crippen molar-refractivity contribution < 1.29 is 14.3 Å². The number of anilines is 2. The van der Waals surface area contributed by atoms with E-state index in [1.165, 1.54) is 12.8 Å². The summed E-state index contributed by atoms with van der Waals surface area (Å²) in [5.41, 5.74) is 1.98. The number of nitrogens with one attached hydrogen (secondary N) is 1. The Labute approximate surface area is 119 Å². The fourth-order valence-electron chi connectivity index (χ4n) is 2.43. The average molecular weight is 278 g/mol. The third kappa shape index (κ3) is 3.95. The van der Waals surface area contributed by atoms with Crippen LogP contribution in [-0.2, 0) is 14.3 Å². The molecule has 0 aliphatic carbocycles. The molecule has 5 nitrogen and oxygen atoms in total. The quantitative estimate of drug-likeness (QED) is 0.893. The first-order chi connectivity index (χ1) is 9.72. The Balaban J connectivity index is 1.90. The highest BCUT2D eigenvalue weighted by molar-refractivity contribution is 5.91. The van der Waals surface area contributed by atoms with Gasteiger partial charge in [0.05, 0.1) is 6.10 Å². The van der Waals surface area contributed by atoms with Crippen molar-refractivity contribution in [3.63, 3.8) is 0 Å². The Morgan fingerprint density at radius 2 is 1.90 bits per heavy atom. The molecule has 1 aromatic carbocycles. The van der Waals surface area contributed by atoms with Crippen LogP contribution in [0, 0.1) is 0 Å². The first-order valence-electron chi connectivity index (χ1n) is 6.89. The lowest BCUT2D eigenvalue weighted by Gasteiger charge is -2.33. The minimum atomic E-state index is -0.138. The maximum atomic E-state index is 11.4. The van der Waals surface area contributed by atoms with Gasteiger partial charge in [-0.25, -0.2) is 0 Å². The molecule has 1 aromatic rings. The Kier molecular flexibility index (Phi) is 5.38. The first-order valence-corrected chi connectivity index (χ1v) is 6.89. The number of nitrogens with zero attached hydrogens (tertiary/aromatic N) is 1. The largest absolute Gasteiger partial charge is 0.381 e. The van der Waals surface area contributed by atoms with Crippen molar-refractivity contribution in [1.29, 1.82) is 0 Å². The van der Waals surface area contributed by atoms with Crippen LogP contribution in [0.1, 0.15) is 12.8 Å². The van der Waals surface area contributed by atoms with Crippen LogP contribution < -0.4 is 10.2 Å². The van der Waals surface area contributed by atoms with E-state index in [0.717, 1.165) is 31.6 Å². The number of carbonyl (C=O) groups excluding carboxylic acids is 1. The maximum Gasteiger partial charge on any atom is 0.250 e. The number of piperidine rings is 1. The molecule has 2 rings (SSSR count). The van der Waals surface area contributed by atoms with Crippen LogP contribution >= 0.6 is 0 Å². The first kappa shape index (κ1) is 14.8. The molecule has 1 N–H and O–H groups in total. The summed E-state index contributed by atoms with van der Waals surface area (Å²) in [6.07, 6.45) is 2.50. The highest BCUT2D eigenvalue weighted by Gasteiger charge is 2.18. The summed E-state index contributed by atoms with van der Waals surface area (Å²) in [5, 5.41) is 2.79. The summed E-state index contributed by atoms with van der Waals surface area (Å²) >= 11 is 0. The van der Waals surface area contributed by atoms with Gasteiger partial charge in [-0.1, -0.05) is 0 Å². The molecule has 0 unspecified atom stereocenters. The van der Waals surface area contributed by atoms with Gasteiger partial charge in [0, 0.05) is 38.7 Å². The maximum absolute atomic E-state index is 11.4.